The quantitative estimate of drug-likeness (QED) is 0.827. The first-order chi connectivity index (χ1) is 11.7. The second kappa shape index (κ2) is 8.11. The molecule has 0 bridgehead atoms. The Balaban J connectivity index is 1.54. The van der Waals surface area contributed by atoms with Crippen LogP contribution in [0.15, 0.2) is 36.4 Å². The van der Waals surface area contributed by atoms with Crippen molar-refractivity contribution in [1.29, 1.82) is 0 Å². The minimum Gasteiger partial charge on any atom is -0.370 e. The number of anilines is 2. The van der Waals surface area contributed by atoms with E-state index in [9.17, 15) is 0 Å². The Morgan fingerprint density at radius 2 is 1.79 bits per heavy atom. The van der Waals surface area contributed by atoms with Crippen LogP contribution in [0, 0.1) is 6.92 Å². The van der Waals surface area contributed by atoms with Gasteiger partial charge in [-0.2, -0.15) is 0 Å². The summed E-state index contributed by atoms with van der Waals surface area (Å²) in [5.41, 5.74) is 1.39. The molecule has 0 amide bonds. The molecular formula is C19H27N5. The predicted octanol–water partition coefficient (Wildman–Crippen LogP) is 2.58. The number of nitrogens with zero attached hydrogens (tertiary/aromatic N) is 4. The summed E-state index contributed by atoms with van der Waals surface area (Å²) >= 11 is 0. The fourth-order valence-corrected chi connectivity index (χ4v) is 2.99. The van der Waals surface area contributed by atoms with E-state index in [0.717, 1.165) is 63.0 Å². The van der Waals surface area contributed by atoms with Gasteiger partial charge in [-0.05, 0) is 32.4 Å². The van der Waals surface area contributed by atoms with E-state index in [1.807, 2.05) is 6.92 Å². The van der Waals surface area contributed by atoms with Crippen LogP contribution in [0.1, 0.15) is 17.8 Å². The molecule has 24 heavy (non-hydrogen) atoms. The number of rotatable bonds is 6. The van der Waals surface area contributed by atoms with Gasteiger partial charge >= 0.3 is 0 Å². The predicted molar refractivity (Wildman–Crippen MR) is 99.7 cm³/mol. The van der Waals surface area contributed by atoms with Gasteiger partial charge < -0.3 is 15.1 Å². The summed E-state index contributed by atoms with van der Waals surface area (Å²) in [6, 6.07) is 12.7. The van der Waals surface area contributed by atoms with Crippen molar-refractivity contribution >= 4 is 11.6 Å². The standard InChI is InChI=1S/C19H27N5/c1-16-21-18(20-10-6-9-17-7-4-3-5-8-17)15-19(22-16)24-13-11-23(2)12-14-24/h3-5,7-8,15H,6,9-14H2,1-2H3,(H,20,21,22). The van der Waals surface area contributed by atoms with Crippen LogP contribution in [0.4, 0.5) is 11.6 Å². The molecule has 0 spiro atoms. The zero-order valence-electron chi connectivity index (χ0n) is 14.7. The van der Waals surface area contributed by atoms with Crippen molar-refractivity contribution in [2.45, 2.75) is 19.8 Å². The second-order valence-corrected chi connectivity index (χ2v) is 6.46. The molecule has 1 fully saturated rings. The first kappa shape index (κ1) is 16.7. The van der Waals surface area contributed by atoms with Crippen LogP contribution < -0.4 is 10.2 Å². The Morgan fingerprint density at radius 3 is 2.54 bits per heavy atom. The molecule has 3 rings (SSSR count). The van der Waals surface area contributed by atoms with Crippen molar-refractivity contribution in [2.75, 3.05) is 50.0 Å². The number of likely N-dealkylation sites (N-methyl/N-ethyl adjacent to an activating group) is 1. The van der Waals surface area contributed by atoms with E-state index in [4.69, 9.17) is 0 Å². The summed E-state index contributed by atoms with van der Waals surface area (Å²) in [7, 11) is 2.17. The lowest BCUT2D eigenvalue weighted by atomic mass is 10.1. The Morgan fingerprint density at radius 1 is 1.04 bits per heavy atom. The highest BCUT2D eigenvalue weighted by atomic mass is 15.3. The maximum absolute atomic E-state index is 4.61. The first-order valence-corrected chi connectivity index (χ1v) is 8.78. The van der Waals surface area contributed by atoms with Crippen LogP contribution in [0.5, 0.6) is 0 Å². The minimum atomic E-state index is 0.831. The molecule has 0 atom stereocenters. The fourth-order valence-electron chi connectivity index (χ4n) is 2.99. The van der Waals surface area contributed by atoms with Gasteiger partial charge in [-0.3, -0.25) is 0 Å². The molecule has 1 aliphatic rings. The van der Waals surface area contributed by atoms with Crippen LogP contribution >= 0.6 is 0 Å². The van der Waals surface area contributed by atoms with Crippen LogP contribution in [0.3, 0.4) is 0 Å². The smallest absolute Gasteiger partial charge is 0.134 e. The Bertz CT molecular complexity index is 635. The van der Waals surface area contributed by atoms with Crippen molar-refractivity contribution in [2.24, 2.45) is 0 Å². The number of benzene rings is 1. The monoisotopic (exact) mass is 325 g/mol. The topological polar surface area (TPSA) is 44.3 Å². The lowest BCUT2D eigenvalue weighted by Gasteiger charge is -2.33. The number of piperazine rings is 1. The summed E-state index contributed by atoms with van der Waals surface area (Å²) < 4.78 is 0. The second-order valence-electron chi connectivity index (χ2n) is 6.46. The van der Waals surface area contributed by atoms with Gasteiger partial charge in [-0.15, -0.1) is 0 Å². The lowest BCUT2D eigenvalue weighted by Crippen LogP contribution is -2.44. The lowest BCUT2D eigenvalue weighted by molar-refractivity contribution is 0.312. The van der Waals surface area contributed by atoms with Crippen LogP contribution in [-0.4, -0.2) is 54.6 Å². The van der Waals surface area contributed by atoms with Crippen molar-refractivity contribution < 1.29 is 0 Å². The molecule has 2 aromatic rings. The van der Waals surface area contributed by atoms with Gasteiger partial charge in [0.2, 0.25) is 0 Å². The van der Waals surface area contributed by atoms with Gasteiger partial charge in [-0.1, -0.05) is 30.3 Å². The fraction of sp³-hybridized carbons (Fsp3) is 0.474. The highest BCUT2D eigenvalue weighted by molar-refractivity contribution is 5.49. The van der Waals surface area contributed by atoms with Crippen LogP contribution in [0.25, 0.3) is 0 Å². The van der Waals surface area contributed by atoms with E-state index in [-0.39, 0.29) is 0 Å². The zero-order valence-corrected chi connectivity index (χ0v) is 14.7. The molecule has 1 saturated heterocycles. The molecular weight excluding hydrogens is 298 g/mol. The molecule has 5 nitrogen and oxygen atoms in total. The molecule has 5 heteroatoms. The van der Waals surface area contributed by atoms with Crippen LogP contribution in [-0.2, 0) is 6.42 Å². The minimum absolute atomic E-state index is 0.831. The Labute approximate surface area is 144 Å². The van der Waals surface area contributed by atoms with Crippen molar-refractivity contribution in [1.82, 2.24) is 14.9 Å². The van der Waals surface area contributed by atoms with Gasteiger partial charge in [0.15, 0.2) is 0 Å². The van der Waals surface area contributed by atoms with Crippen molar-refractivity contribution in [3.05, 3.63) is 47.8 Å². The normalized spacial score (nSPS) is 15.5. The molecule has 1 aromatic heterocycles. The summed E-state index contributed by atoms with van der Waals surface area (Å²) in [5.74, 6) is 2.81. The zero-order chi connectivity index (χ0) is 16.8. The Hall–Kier alpha value is -2.14. The van der Waals surface area contributed by atoms with E-state index >= 15 is 0 Å². The van der Waals surface area contributed by atoms with E-state index in [1.165, 1.54) is 5.56 Å². The molecule has 1 aliphatic heterocycles. The largest absolute Gasteiger partial charge is 0.370 e. The molecule has 0 radical (unpaired) electrons. The third-order valence-corrected chi connectivity index (χ3v) is 4.44. The Kier molecular flexibility index (Phi) is 5.64. The third-order valence-electron chi connectivity index (χ3n) is 4.44. The average Bonchev–Trinajstić information content (AvgIpc) is 2.60. The molecule has 1 aromatic carbocycles. The summed E-state index contributed by atoms with van der Waals surface area (Å²) in [6.07, 6.45) is 2.18. The van der Waals surface area contributed by atoms with E-state index in [2.05, 4.69) is 68.5 Å². The van der Waals surface area contributed by atoms with Crippen molar-refractivity contribution in [3.8, 4) is 0 Å². The summed E-state index contributed by atoms with van der Waals surface area (Å²) in [4.78, 5) is 13.8. The van der Waals surface area contributed by atoms with Gasteiger partial charge in [0.05, 0.1) is 0 Å². The van der Waals surface area contributed by atoms with Gasteiger partial charge in [0, 0.05) is 38.8 Å². The molecule has 0 saturated carbocycles. The van der Waals surface area contributed by atoms with Crippen LogP contribution in [0.2, 0.25) is 0 Å². The number of nitrogens with one attached hydrogen (secondary N) is 1. The SMILES string of the molecule is Cc1nc(NCCCc2ccccc2)cc(N2CCN(C)CC2)n1. The first-order valence-electron chi connectivity index (χ1n) is 8.78. The summed E-state index contributed by atoms with van der Waals surface area (Å²) in [6.45, 7) is 7.12. The molecule has 0 aliphatic carbocycles. The number of aromatic nitrogens is 2. The highest BCUT2D eigenvalue weighted by Gasteiger charge is 2.16. The van der Waals surface area contributed by atoms with Gasteiger partial charge in [0.25, 0.3) is 0 Å². The molecule has 2 heterocycles. The van der Waals surface area contributed by atoms with Crippen molar-refractivity contribution in [3.63, 3.8) is 0 Å². The highest BCUT2D eigenvalue weighted by Crippen LogP contribution is 2.17. The van der Waals surface area contributed by atoms with E-state index in [0.29, 0.717) is 0 Å². The number of aryl methyl sites for hydroxylation is 2. The van der Waals surface area contributed by atoms with E-state index in [1.54, 1.807) is 0 Å². The average molecular weight is 325 g/mol. The van der Waals surface area contributed by atoms with Gasteiger partial charge in [-0.25, -0.2) is 9.97 Å². The van der Waals surface area contributed by atoms with Gasteiger partial charge in [0.1, 0.15) is 17.5 Å². The summed E-state index contributed by atoms with van der Waals surface area (Å²) in [5, 5.41) is 3.46. The molecule has 0 unspecified atom stereocenters. The molecule has 1 N–H and O–H groups in total. The third kappa shape index (κ3) is 4.68. The maximum Gasteiger partial charge on any atom is 0.134 e. The maximum atomic E-state index is 4.61. The number of hydrogen-bond acceptors (Lipinski definition) is 5. The number of hydrogen-bond donors (Lipinski definition) is 1. The molecule has 128 valence electrons. The van der Waals surface area contributed by atoms with E-state index < -0.39 is 0 Å².